The van der Waals surface area contributed by atoms with Crippen LogP contribution in [0.3, 0.4) is 0 Å². The molecular formula is C10H11BrFNS. The van der Waals surface area contributed by atoms with Crippen LogP contribution in [0.5, 0.6) is 0 Å². The smallest absolute Gasteiger partial charge is 0.124 e. The molecule has 1 fully saturated rings. The number of nitrogens with one attached hydrogen (secondary N) is 1. The van der Waals surface area contributed by atoms with Crippen LogP contribution < -0.4 is 5.32 Å². The molecule has 1 saturated heterocycles. The molecule has 1 aromatic carbocycles. The Kier molecular flexibility index (Phi) is 3.47. The summed E-state index contributed by atoms with van der Waals surface area (Å²) in [7, 11) is 0. The predicted octanol–water partition coefficient (Wildman–Crippen LogP) is 2.79. The molecule has 0 saturated carbocycles. The molecule has 0 radical (unpaired) electrons. The van der Waals surface area contributed by atoms with Gasteiger partial charge in [0.05, 0.1) is 0 Å². The SMILES string of the molecule is Fc1cc(Br)cc(CNC2CSC2)c1. The van der Waals surface area contributed by atoms with Gasteiger partial charge in [-0.3, -0.25) is 0 Å². The summed E-state index contributed by atoms with van der Waals surface area (Å²) in [4.78, 5) is 0. The third kappa shape index (κ3) is 2.72. The quantitative estimate of drug-likeness (QED) is 0.911. The fourth-order valence-electron chi connectivity index (χ4n) is 1.33. The van der Waals surface area contributed by atoms with E-state index in [0.29, 0.717) is 6.04 Å². The van der Waals surface area contributed by atoms with Gasteiger partial charge in [0.15, 0.2) is 0 Å². The second kappa shape index (κ2) is 4.64. The van der Waals surface area contributed by atoms with Crippen molar-refractivity contribution in [2.75, 3.05) is 11.5 Å². The Hall–Kier alpha value is -0.0600. The molecule has 1 aromatic rings. The lowest BCUT2D eigenvalue weighted by atomic mass is 10.2. The van der Waals surface area contributed by atoms with Gasteiger partial charge in [0, 0.05) is 28.6 Å². The van der Waals surface area contributed by atoms with Gasteiger partial charge in [-0.05, 0) is 23.8 Å². The van der Waals surface area contributed by atoms with Crippen molar-refractivity contribution in [2.45, 2.75) is 12.6 Å². The van der Waals surface area contributed by atoms with Gasteiger partial charge in [0.2, 0.25) is 0 Å². The summed E-state index contributed by atoms with van der Waals surface area (Å²) >= 11 is 5.22. The van der Waals surface area contributed by atoms with Crippen molar-refractivity contribution >= 4 is 27.7 Å². The monoisotopic (exact) mass is 275 g/mol. The molecule has 0 aromatic heterocycles. The van der Waals surface area contributed by atoms with Crippen molar-refractivity contribution in [3.63, 3.8) is 0 Å². The minimum Gasteiger partial charge on any atom is -0.308 e. The van der Waals surface area contributed by atoms with Crippen LogP contribution in [-0.2, 0) is 6.54 Å². The van der Waals surface area contributed by atoms with E-state index in [0.717, 1.165) is 16.6 Å². The van der Waals surface area contributed by atoms with E-state index in [-0.39, 0.29) is 5.82 Å². The number of hydrogen-bond donors (Lipinski definition) is 1. The van der Waals surface area contributed by atoms with Gasteiger partial charge in [0.25, 0.3) is 0 Å². The number of halogens is 2. The fraction of sp³-hybridized carbons (Fsp3) is 0.400. The van der Waals surface area contributed by atoms with Crippen LogP contribution in [0.1, 0.15) is 5.56 Å². The van der Waals surface area contributed by atoms with Crippen LogP contribution in [0, 0.1) is 5.82 Å². The second-order valence-corrected chi connectivity index (χ2v) is 5.38. The molecule has 0 spiro atoms. The number of thioether (sulfide) groups is 1. The largest absolute Gasteiger partial charge is 0.308 e. The summed E-state index contributed by atoms with van der Waals surface area (Å²) in [5.74, 6) is 2.17. The Balaban J connectivity index is 1.94. The highest BCUT2D eigenvalue weighted by Gasteiger charge is 2.16. The Morgan fingerprint density at radius 3 is 2.79 bits per heavy atom. The summed E-state index contributed by atoms with van der Waals surface area (Å²) in [6, 6.07) is 5.61. The summed E-state index contributed by atoms with van der Waals surface area (Å²) in [6.45, 7) is 0.752. The maximum atomic E-state index is 13.0. The molecule has 4 heteroatoms. The highest BCUT2D eigenvalue weighted by atomic mass is 79.9. The average Bonchev–Trinajstić information content (AvgIpc) is 1.99. The van der Waals surface area contributed by atoms with Crippen LogP contribution in [0.15, 0.2) is 22.7 Å². The van der Waals surface area contributed by atoms with E-state index >= 15 is 0 Å². The van der Waals surface area contributed by atoms with Crippen LogP contribution >= 0.6 is 27.7 Å². The van der Waals surface area contributed by atoms with Crippen molar-refractivity contribution in [3.05, 3.63) is 34.1 Å². The molecule has 0 bridgehead atoms. The number of benzene rings is 1. The predicted molar refractivity (Wildman–Crippen MR) is 62.1 cm³/mol. The Labute approximate surface area is 95.6 Å². The van der Waals surface area contributed by atoms with Gasteiger partial charge in [-0.1, -0.05) is 15.9 Å². The molecule has 1 aliphatic heterocycles. The third-order valence-electron chi connectivity index (χ3n) is 2.16. The molecule has 1 heterocycles. The Bertz CT molecular complexity index is 308. The zero-order valence-electron chi connectivity index (χ0n) is 7.59. The van der Waals surface area contributed by atoms with Crippen LogP contribution in [0.25, 0.3) is 0 Å². The molecule has 1 N–H and O–H groups in total. The zero-order valence-corrected chi connectivity index (χ0v) is 10.00. The molecule has 1 aliphatic rings. The first-order chi connectivity index (χ1) is 6.74. The number of hydrogen-bond acceptors (Lipinski definition) is 2. The number of rotatable bonds is 3. The van der Waals surface area contributed by atoms with E-state index < -0.39 is 0 Å². The molecule has 76 valence electrons. The summed E-state index contributed by atoms with van der Waals surface area (Å²) in [6.07, 6.45) is 0. The first kappa shape index (κ1) is 10.5. The van der Waals surface area contributed by atoms with E-state index in [2.05, 4.69) is 21.2 Å². The van der Waals surface area contributed by atoms with E-state index in [1.54, 1.807) is 6.07 Å². The van der Waals surface area contributed by atoms with Crippen molar-refractivity contribution in [2.24, 2.45) is 0 Å². The molecule has 0 unspecified atom stereocenters. The molecule has 2 rings (SSSR count). The summed E-state index contributed by atoms with van der Waals surface area (Å²) in [5, 5.41) is 3.38. The van der Waals surface area contributed by atoms with Gasteiger partial charge in [-0.25, -0.2) is 4.39 Å². The molecular weight excluding hydrogens is 265 g/mol. The van der Waals surface area contributed by atoms with Crippen molar-refractivity contribution in [3.8, 4) is 0 Å². The van der Waals surface area contributed by atoms with Crippen molar-refractivity contribution < 1.29 is 4.39 Å². The minimum absolute atomic E-state index is 0.181. The van der Waals surface area contributed by atoms with Crippen LogP contribution in [0.2, 0.25) is 0 Å². The van der Waals surface area contributed by atoms with E-state index in [4.69, 9.17) is 0 Å². The maximum Gasteiger partial charge on any atom is 0.124 e. The lowest BCUT2D eigenvalue weighted by molar-refractivity contribution is 0.576. The Morgan fingerprint density at radius 1 is 1.43 bits per heavy atom. The molecule has 0 amide bonds. The molecule has 0 atom stereocenters. The second-order valence-electron chi connectivity index (χ2n) is 3.39. The van der Waals surface area contributed by atoms with Crippen LogP contribution in [0.4, 0.5) is 4.39 Å². The molecule has 14 heavy (non-hydrogen) atoms. The summed E-state index contributed by atoms with van der Waals surface area (Å²) < 4.78 is 13.8. The lowest BCUT2D eigenvalue weighted by Crippen LogP contribution is -2.39. The molecule has 1 nitrogen and oxygen atoms in total. The van der Waals surface area contributed by atoms with Gasteiger partial charge in [-0.15, -0.1) is 0 Å². The van der Waals surface area contributed by atoms with Gasteiger partial charge in [-0.2, -0.15) is 11.8 Å². The summed E-state index contributed by atoms with van der Waals surface area (Å²) in [5.41, 5.74) is 0.994. The topological polar surface area (TPSA) is 12.0 Å². The van der Waals surface area contributed by atoms with Crippen LogP contribution in [-0.4, -0.2) is 17.5 Å². The minimum atomic E-state index is -0.181. The highest BCUT2D eigenvalue weighted by Crippen LogP contribution is 2.19. The van der Waals surface area contributed by atoms with E-state index in [1.807, 2.05) is 17.8 Å². The standard InChI is InChI=1S/C10H11BrFNS/c11-8-1-7(2-9(12)3-8)4-13-10-5-14-6-10/h1-3,10,13H,4-6H2. The third-order valence-corrected chi connectivity index (χ3v) is 3.89. The average molecular weight is 276 g/mol. The first-order valence-electron chi connectivity index (χ1n) is 4.50. The normalized spacial score (nSPS) is 16.7. The fourth-order valence-corrected chi connectivity index (χ4v) is 2.55. The lowest BCUT2D eigenvalue weighted by Gasteiger charge is -2.26. The Morgan fingerprint density at radius 2 is 2.21 bits per heavy atom. The van der Waals surface area contributed by atoms with Gasteiger partial charge in [0.1, 0.15) is 5.82 Å². The molecule has 0 aliphatic carbocycles. The van der Waals surface area contributed by atoms with E-state index in [9.17, 15) is 4.39 Å². The highest BCUT2D eigenvalue weighted by molar-refractivity contribution is 9.10. The van der Waals surface area contributed by atoms with E-state index in [1.165, 1.54) is 17.6 Å². The zero-order chi connectivity index (χ0) is 9.97. The van der Waals surface area contributed by atoms with Crippen molar-refractivity contribution in [1.29, 1.82) is 0 Å². The first-order valence-corrected chi connectivity index (χ1v) is 6.45. The van der Waals surface area contributed by atoms with Gasteiger partial charge < -0.3 is 5.32 Å². The van der Waals surface area contributed by atoms with Crippen molar-refractivity contribution in [1.82, 2.24) is 5.32 Å². The maximum absolute atomic E-state index is 13.0. The van der Waals surface area contributed by atoms with Gasteiger partial charge >= 0.3 is 0 Å².